The lowest BCUT2D eigenvalue weighted by Crippen LogP contribution is -2.27. The Balaban J connectivity index is 2.47. The van der Waals surface area contributed by atoms with E-state index >= 15 is 0 Å². The summed E-state index contributed by atoms with van der Waals surface area (Å²) in [5.41, 5.74) is 5.31. The van der Waals surface area contributed by atoms with Crippen LogP contribution >= 0.6 is 0 Å². The van der Waals surface area contributed by atoms with Crippen LogP contribution in [-0.4, -0.2) is 15.1 Å². The summed E-state index contributed by atoms with van der Waals surface area (Å²) in [5.74, 6) is -0.539. The standard InChI is InChI=1S/C13H15FN4O3/c1-13(2,3)10(15)11-16-12(21-17-11)8-6-7(14)4-5-9(8)18(19)20/h4-6,10H,15H2,1-3H3. The van der Waals surface area contributed by atoms with E-state index in [0.29, 0.717) is 0 Å². The quantitative estimate of drug-likeness (QED) is 0.688. The number of nitrogens with zero attached hydrogens (tertiary/aromatic N) is 3. The number of hydrogen-bond donors (Lipinski definition) is 1. The van der Waals surface area contributed by atoms with Gasteiger partial charge < -0.3 is 10.3 Å². The number of nitrogens with two attached hydrogens (primary N) is 1. The molecule has 0 aliphatic rings. The summed E-state index contributed by atoms with van der Waals surface area (Å²) < 4.78 is 18.3. The van der Waals surface area contributed by atoms with Gasteiger partial charge in [0.15, 0.2) is 5.82 Å². The number of rotatable bonds is 3. The van der Waals surface area contributed by atoms with Gasteiger partial charge in [-0.3, -0.25) is 10.1 Å². The number of nitro benzene ring substituents is 1. The summed E-state index contributed by atoms with van der Waals surface area (Å²) in [6.45, 7) is 5.70. The summed E-state index contributed by atoms with van der Waals surface area (Å²) in [5, 5.41) is 14.7. The van der Waals surface area contributed by atoms with Crippen molar-refractivity contribution in [2.75, 3.05) is 0 Å². The molecule has 7 nitrogen and oxygen atoms in total. The van der Waals surface area contributed by atoms with E-state index < -0.39 is 16.8 Å². The van der Waals surface area contributed by atoms with E-state index in [4.69, 9.17) is 10.3 Å². The fourth-order valence-corrected chi connectivity index (χ4v) is 1.70. The van der Waals surface area contributed by atoms with Crippen molar-refractivity contribution in [3.05, 3.63) is 40.0 Å². The van der Waals surface area contributed by atoms with Gasteiger partial charge in [-0.2, -0.15) is 4.98 Å². The molecule has 2 rings (SSSR count). The third-order valence-electron chi connectivity index (χ3n) is 3.04. The van der Waals surface area contributed by atoms with Crippen LogP contribution in [0.25, 0.3) is 11.5 Å². The molecule has 8 heteroatoms. The van der Waals surface area contributed by atoms with E-state index in [2.05, 4.69) is 10.1 Å². The highest BCUT2D eigenvalue weighted by atomic mass is 19.1. The zero-order valence-corrected chi connectivity index (χ0v) is 11.8. The molecule has 0 aliphatic heterocycles. The highest BCUT2D eigenvalue weighted by molar-refractivity contribution is 5.66. The second-order valence-electron chi connectivity index (χ2n) is 5.72. The topological polar surface area (TPSA) is 108 Å². The Kier molecular flexibility index (Phi) is 3.73. The lowest BCUT2D eigenvalue weighted by atomic mass is 9.87. The van der Waals surface area contributed by atoms with E-state index in [9.17, 15) is 14.5 Å². The maximum Gasteiger partial charge on any atom is 0.282 e. The maximum absolute atomic E-state index is 13.3. The second kappa shape index (κ2) is 5.21. The minimum atomic E-state index is -0.637. The molecule has 0 amide bonds. The molecule has 21 heavy (non-hydrogen) atoms. The van der Waals surface area contributed by atoms with Crippen LogP contribution in [0, 0.1) is 21.3 Å². The van der Waals surface area contributed by atoms with Crippen molar-refractivity contribution in [3.8, 4) is 11.5 Å². The van der Waals surface area contributed by atoms with Crippen LogP contribution in [0.4, 0.5) is 10.1 Å². The van der Waals surface area contributed by atoms with Gasteiger partial charge in [0.25, 0.3) is 11.6 Å². The molecule has 0 saturated heterocycles. The van der Waals surface area contributed by atoms with E-state index in [0.717, 1.165) is 18.2 Å². The third-order valence-corrected chi connectivity index (χ3v) is 3.04. The Morgan fingerprint density at radius 3 is 2.67 bits per heavy atom. The molecule has 1 heterocycles. The van der Waals surface area contributed by atoms with Gasteiger partial charge in [0, 0.05) is 6.07 Å². The van der Waals surface area contributed by atoms with Crippen molar-refractivity contribution in [2.24, 2.45) is 11.1 Å². The van der Waals surface area contributed by atoms with Crippen molar-refractivity contribution in [3.63, 3.8) is 0 Å². The summed E-state index contributed by atoms with van der Waals surface area (Å²) >= 11 is 0. The Morgan fingerprint density at radius 2 is 2.10 bits per heavy atom. The van der Waals surface area contributed by atoms with Gasteiger partial charge in [-0.15, -0.1) is 0 Å². The fraction of sp³-hybridized carbons (Fsp3) is 0.385. The molecule has 1 unspecified atom stereocenters. The number of hydrogen-bond acceptors (Lipinski definition) is 6. The molecule has 0 saturated carbocycles. The van der Waals surface area contributed by atoms with Crippen molar-refractivity contribution < 1.29 is 13.8 Å². The minimum absolute atomic E-state index is 0.0696. The molecule has 1 aromatic carbocycles. The Morgan fingerprint density at radius 1 is 1.43 bits per heavy atom. The molecule has 0 spiro atoms. The second-order valence-corrected chi connectivity index (χ2v) is 5.72. The predicted octanol–water partition coefficient (Wildman–Crippen LogP) is 2.83. The first kappa shape index (κ1) is 15.0. The molecular weight excluding hydrogens is 279 g/mol. The van der Waals surface area contributed by atoms with Crippen LogP contribution in [0.2, 0.25) is 0 Å². The largest absolute Gasteiger partial charge is 0.334 e. The van der Waals surface area contributed by atoms with E-state index in [-0.39, 0.29) is 28.4 Å². The zero-order valence-electron chi connectivity index (χ0n) is 11.8. The number of benzene rings is 1. The average molecular weight is 294 g/mol. The Labute approximate surface area is 120 Å². The van der Waals surface area contributed by atoms with Gasteiger partial charge >= 0.3 is 0 Å². The molecule has 0 aliphatic carbocycles. The van der Waals surface area contributed by atoms with Gasteiger partial charge in [-0.05, 0) is 17.5 Å². The number of aromatic nitrogens is 2. The van der Waals surface area contributed by atoms with Crippen LogP contribution < -0.4 is 5.73 Å². The molecule has 2 N–H and O–H groups in total. The third kappa shape index (κ3) is 3.05. The summed E-state index contributed by atoms with van der Waals surface area (Å²) in [4.78, 5) is 14.4. The highest BCUT2D eigenvalue weighted by Crippen LogP contribution is 2.33. The van der Waals surface area contributed by atoms with Crippen molar-refractivity contribution in [1.29, 1.82) is 0 Å². The molecule has 112 valence electrons. The van der Waals surface area contributed by atoms with Crippen LogP contribution in [0.15, 0.2) is 22.7 Å². The highest BCUT2D eigenvalue weighted by Gasteiger charge is 2.28. The van der Waals surface area contributed by atoms with Crippen molar-refractivity contribution >= 4 is 5.69 Å². The monoisotopic (exact) mass is 294 g/mol. The van der Waals surface area contributed by atoms with E-state index in [1.54, 1.807) is 0 Å². The first-order valence-electron chi connectivity index (χ1n) is 6.23. The first-order valence-corrected chi connectivity index (χ1v) is 6.23. The Hall–Kier alpha value is -2.35. The minimum Gasteiger partial charge on any atom is -0.334 e. The van der Waals surface area contributed by atoms with Crippen LogP contribution in [0.3, 0.4) is 0 Å². The summed E-state index contributed by atoms with van der Waals surface area (Å²) in [6, 6.07) is 2.53. The zero-order chi connectivity index (χ0) is 15.8. The normalized spacial score (nSPS) is 13.2. The Bertz CT molecular complexity index is 678. The predicted molar refractivity (Wildman–Crippen MR) is 72.7 cm³/mol. The molecule has 0 radical (unpaired) electrons. The molecule has 1 atom stereocenters. The molecule has 0 fully saturated rings. The lowest BCUT2D eigenvalue weighted by Gasteiger charge is -2.23. The fourth-order valence-electron chi connectivity index (χ4n) is 1.70. The molecule has 2 aromatic rings. The number of nitro groups is 1. The van der Waals surface area contributed by atoms with E-state index in [1.165, 1.54) is 0 Å². The van der Waals surface area contributed by atoms with Gasteiger partial charge in [0.05, 0.1) is 11.0 Å². The van der Waals surface area contributed by atoms with Crippen molar-refractivity contribution in [2.45, 2.75) is 26.8 Å². The molecular formula is C13H15FN4O3. The summed E-state index contributed by atoms with van der Waals surface area (Å²) in [7, 11) is 0. The SMILES string of the molecule is CC(C)(C)C(N)c1noc(-c2cc(F)ccc2[N+](=O)[O-])n1. The van der Waals surface area contributed by atoms with Crippen LogP contribution in [0.5, 0.6) is 0 Å². The van der Waals surface area contributed by atoms with Crippen LogP contribution in [0.1, 0.15) is 32.6 Å². The number of halogens is 1. The maximum atomic E-state index is 13.3. The van der Waals surface area contributed by atoms with Crippen molar-refractivity contribution in [1.82, 2.24) is 10.1 Å². The average Bonchev–Trinajstić information content (AvgIpc) is 2.85. The van der Waals surface area contributed by atoms with Gasteiger partial charge in [0.2, 0.25) is 0 Å². The van der Waals surface area contributed by atoms with Gasteiger partial charge in [0.1, 0.15) is 11.4 Å². The first-order chi connectivity index (χ1) is 9.70. The van der Waals surface area contributed by atoms with Crippen LogP contribution in [-0.2, 0) is 0 Å². The van der Waals surface area contributed by atoms with E-state index in [1.807, 2.05) is 20.8 Å². The lowest BCUT2D eigenvalue weighted by molar-refractivity contribution is -0.384. The smallest absolute Gasteiger partial charge is 0.282 e. The van der Waals surface area contributed by atoms with Gasteiger partial charge in [-0.25, -0.2) is 4.39 Å². The van der Waals surface area contributed by atoms with Gasteiger partial charge in [-0.1, -0.05) is 25.9 Å². The molecule has 0 bridgehead atoms. The summed E-state index contributed by atoms with van der Waals surface area (Å²) in [6.07, 6.45) is 0. The molecule has 1 aromatic heterocycles.